The lowest BCUT2D eigenvalue weighted by atomic mass is 9.72. The summed E-state index contributed by atoms with van der Waals surface area (Å²) in [6, 6.07) is 13.3. The van der Waals surface area contributed by atoms with Crippen LogP contribution in [0.3, 0.4) is 0 Å². The van der Waals surface area contributed by atoms with E-state index in [0.717, 1.165) is 17.7 Å². The summed E-state index contributed by atoms with van der Waals surface area (Å²) in [7, 11) is 0. The highest BCUT2D eigenvalue weighted by Gasteiger charge is 2.60. The van der Waals surface area contributed by atoms with Crippen LogP contribution in [0, 0.1) is 17.3 Å². The van der Waals surface area contributed by atoms with Gasteiger partial charge in [-0.05, 0) is 102 Å². The summed E-state index contributed by atoms with van der Waals surface area (Å²) in [6.45, 7) is 8.93. The molecule has 2 heteroatoms. The van der Waals surface area contributed by atoms with Crippen LogP contribution in [0.1, 0.15) is 74.3 Å². The van der Waals surface area contributed by atoms with Gasteiger partial charge in [0.15, 0.2) is 0 Å². The first-order valence-corrected chi connectivity index (χ1v) is 12.6. The predicted octanol–water partition coefficient (Wildman–Crippen LogP) is 8.69. The van der Waals surface area contributed by atoms with E-state index in [-0.39, 0.29) is 5.41 Å². The second-order valence-corrected chi connectivity index (χ2v) is 10.6. The maximum Gasteiger partial charge on any atom is 0.0430 e. The van der Waals surface area contributed by atoms with Crippen molar-refractivity contribution in [3.63, 3.8) is 0 Å². The van der Waals surface area contributed by atoms with Gasteiger partial charge >= 0.3 is 0 Å². The van der Waals surface area contributed by atoms with Crippen molar-refractivity contribution in [1.82, 2.24) is 0 Å². The topological polar surface area (TPSA) is 26.0 Å². The molecule has 5 rings (SSSR count). The van der Waals surface area contributed by atoms with Crippen molar-refractivity contribution in [3.8, 4) is 0 Å². The molecular weight excluding hydrogens is 454 g/mol. The first-order valence-electron chi connectivity index (χ1n) is 11.8. The van der Waals surface area contributed by atoms with E-state index in [1.54, 1.807) is 0 Å². The zero-order valence-corrected chi connectivity index (χ0v) is 21.0. The Morgan fingerprint density at radius 2 is 1.91 bits per heavy atom. The van der Waals surface area contributed by atoms with Gasteiger partial charge in [0.25, 0.3) is 0 Å². The molecule has 0 aromatic heterocycles. The lowest BCUT2D eigenvalue weighted by Gasteiger charge is -2.33. The Morgan fingerprint density at radius 3 is 2.66 bits per heavy atom. The van der Waals surface area contributed by atoms with E-state index >= 15 is 0 Å². The van der Waals surface area contributed by atoms with Gasteiger partial charge < -0.3 is 5.73 Å². The van der Waals surface area contributed by atoms with E-state index < -0.39 is 0 Å². The highest BCUT2D eigenvalue weighted by molar-refractivity contribution is 9.15. The highest BCUT2D eigenvalue weighted by Crippen LogP contribution is 2.70. The third-order valence-electron chi connectivity index (χ3n) is 8.19. The fourth-order valence-electron chi connectivity index (χ4n) is 6.36. The highest BCUT2D eigenvalue weighted by atomic mass is 79.9. The summed E-state index contributed by atoms with van der Waals surface area (Å²) in [5.41, 5.74) is 17.3. The Morgan fingerprint density at radius 1 is 1.12 bits per heavy atom. The number of hydrogen-bond donors (Lipinski definition) is 1. The number of nitrogen functional groups attached to an aromatic ring is 1. The van der Waals surface area contributed by atoms with E-state index in [0.29, 0.717) is 17.8 Å². The molecule has 3 aliphatic rings. The normalized spacial score (nSPS) is 30.5. The molecule has 32 heavy (non-hydrogen) atoms. The third kappa shape index (κ3) is 3.10. The summed E-state index contributed by atoms with van der Waals surface area (Å²) < 4.78 is 1.18. The SMILES string of the molecule is CC=CC12CC1C(C)/C(c1ccccc1/C(C)=C\C)=C\c1ccc3c(c1N)C2CC=C3Br. The quantitative estimate of drug-likeness (QED) is 0.341. The second kappa shape index (κ2) is 7.92. The molecule has 1 nitrogen and oxygen atoms in total. The standard InChI is InChI=1S/C30H32BrN/c1-5-15-30-17-26(30)19(4)24(22-10-8-7-9-21(22)18(3)6-2)16-20-11-12-23-27(31)14-13-25(30)28(23)29(20)32/h5-12,14-16,19,25-26H,13,17,32H2,1-4H3/b15-5?,18-6-,24-16+. The molecule has 2 bridgehead atoms. The Balaban J connectivity index is 1.80. The van der Waals surface area contributed by atoms with Gasteiger partial charge in [0.1, 0.15) is 0 Å². The molecule has 4 atom stereocenters. The van der Waals surface area contributed by atoms with Crippen LogP contribution in [0.4, 0.5) is 5.69 Å². The summed E-state index contributed by atoms with van der Waals surface area (Å²) in [5, 5.41) is 0. The molecule has 2 N–H and O–H groups in total. The van der Waals surface area contributed by atoms with Gasteiger partial charge in [0.05, 0.1) is 0 Å². The lowest BCUT2D eigenvalue weighted by molar-refractivity contribution is 0.415. The van der Waals surface area contributed by atoms with E-state index in [1.807, 2.05) is 0 Å². The second-order valence-electron chi connectivity index (χ2n) is 9.70. The van der Waals surface area contributed by atoms with Gasteiger partial charge in [-0.25, -0.2) is 0 Å². The number of nitrogens with two attached hydrogens (primary N) is 1. The van der Waals surface area contributed by atoms with Crippen molar-refractivity contribution in [1.29, 1.82) is 0 Å². The van der Waals surface area contributed by atoms with Crippen molar-refractivity contribution < 1.29 is 0 Å². The fraction of sp³-hybridized carbons (Fsp3) is 0.333. The van der Waals surface area contributed by atoms with Gasteiger partial charge in [-0.2, -0.15) is 0 Å². The number of halogens is 1. The largest absolute Gasteiger partial charge is 0.398 e. The average Bonchev–Trinajstić information content (AvgIpc) is 3.52. The van der Waals surface area contributed by atoms with E-state index in [1.165, 1.54) is 44.3 Å². The molecule has 164 valence electrons. The van der Waals surface area contributed by atoms with Crippen LogP contribution in [-0.4, -0.2) is 0 Å². The van der Waals surface area contributed by atoms with Gasteiger partial charge in [-0.15, -0.1) is 0 Å². The number of allylic oxidation sites excluding steroid dienone is 6. The molecule has 0 saturated heterocycles. The number of fused-ring (bicyclic) bond motifs is 3. The minimum Gasteiger partial charge on any atom is -0.398 e. The van der Waals surface area contributed by atoms with Gasteiger partial charge in [-0.1, -0.05) is 83.6 Å². The van der Waals surface area contributed by atoms with Crippen molar-refractivity contribution >= 4 is 43.3 Å². The monoisotopic (exact) mass is 485 g/mol. The molecule has 0 heterocycles. The van der Waals surface area contributed by atoms with Crippen molar-refractivity contribution in [2.75, 3.05) is 5.73 Å². The molecule has 0 spiro atoms. The first-order chi connectivity index (χ1) is 15.4. The zero-order valence-electron chi connectivity index (χ0n) is 19.5. The van der Waals surface area contributed by atoms with E-state index in [9.17, 15) is 0 Å². The smallest absolute Gasteiger partial charge is 0.0430 e. The molecule has 4 unspecified atom stereocenters. The van der Waals surface area contributed by atoms with Crippen LogP contribution in [0.25, 0.3) is 21.7 Å². The summed E-state index contributed by atoms with van der Waals surface area (Å²) in [5.74, 6) is 1.49. The predicted molar refractivity (Wildman–Crippen MR) is 143 cm³/mol. The number of hydrogen-bond acceptors (Lipinski definition) is 1. The van der Waals surface area contributed by atoms with Crippen LogP contribution in [0.2, 0.25) is 0 Å². The summed E-state index contributed by atoms with van der Waals surface area (Å²) in [6.07, 6.45) is 14.0. The van der Waals surface area contributed by atoms with Crippen molar-refractivity contribution in [3.05, 3.63) is 88.5 Å². The summed E-state index contributed by atoms with van der Waals surface area (Å²) in [4.78, 5) is 0. The number of rotatable bonds is 3. The fourth-order valence-corrected chi connectivity index (χ4v) is 6.89. The minimum absolute atomic E-state index is 0.174. The molecule has 1 fully saturated rings. The summed E-state index contributed by atoms with van der Waals surface area (Å²) >= 11 is 3.81. The molecule has 3 aliphatic carbocycles. The molecule has 2 aromatic rings. The lowest BCUT2D eigenvalue weighted by Crippen LogP contribution is -2.21. The molecule has 0 amide bonds. The van der Waals surface area contributed by atoms with Crippen LogP contribution >= 0.6 is 15.9 Å². The number of benzene rings is 2. The van der Waals surface area contributed by atoms with Crippen molar-refractivity contribution in [2.45, 2.75) is 46.5 Å². The Labute approximate surface area is 200 Å². The maximum absolute atomic E-state index is 6.96. The molecular formula is C30H32BrN. The van der Waals surface area contributed by atoms with Gasteiger partial charge in [-0.3, -0.25) is 0 Å². The van der Waals surface area contributed by atoms with Crippen LogP contribution < -0.4 is 5.73 Å². The minimum atomic E-state index is 0.174. The third-order valence-corrected chi connectivity index (χ3v) is 8.94. The van der Waals surface area contributed by atoms with Crippen molar-refractivity contribution in [2.24, 2.45) is 17.3 Å². The average molecular weight is 486 g/mol. The van der Waals surface area contributed by atoms with Gasteiger partial charge in [0, 0.05) is 10.2 Å². The first kappa shape index (κ1) is 21.5. The van der Waals surface area contributed by atoms with E-state index in [4.69, 9.17) is 5.73 Å². The molecule has 0 aliphatic heterocycles. The van der Waals surface area contributed by atoms with Gasteiger partial charge in [0.2, 0.25) is 0 Å². The molecule has 0 radical (unpaired) electrons. The Bertz CT molecular complexity index is 1210. The molecule has 1 saturated carbocycles. The molecule has 2 aromatic carbocycles. The Kier molecular flexibility index (Phi) is 5.33. The zero-order chi connectivity index (χ0) is 22.6. The van der Waals surface area contributed by atoms with Crippen LogP contribution in [0.15, 0.2) is 60.7 Å². The van der Waals surface area contributed by atoms with E-state index in [2.05, 4.69) is 110 Å². The Hall–Kier alpha value is -2.32. The van der Waals surface area contributed by atoms with Crippen LogP contribution in [-0.2, 0) is 0 Å². The van der Waals surface area contributed by atoms with Crippen LogP contribution in [0.5, 0.6) is 0 Å². The maximum atomic E-state index is 6.96. The number of anilines is 1.